The van der Waals surface area contributed by atoms with E-state index in [0.717, 1.165) is 43.8 Å². The Labute approximate surface area is 164 Å². The van der Waals surface area contributed by atoms with Crippen molar-refractivity contribution in [1.29, 1.82) is 0 Å². The van der Waals surface area contributed by atoms with Gasteiger partial charge in [-0.2, -0.15) is 0 Å². The molecule has 0 saturated heterocycles. The van der Waals surface area contributed by atoms with Gasteiger partial charge >= 0.3 is 0 Å². The molecule has 144 valence electrons. The molecule has 1 heterocycles. The van der Waals surface area contributed by atoms with Crippen LogP contribution in [0.5, 0.6) is 5.75 Å². The van der Waals surface area contributed by atoms with Crippen LogP contribution in [0.2, 0.25) is 0 Å². The molecule has 0 fully saturated rings. The summed E-state index contributed by atoms with van der Waals surface area (Å²) in [6.07, 6.45) is 0. The lowest BCUT2D eigenvalue weighted by Gasteiger charge is -2.18. The summed E-state index contributed by atoms with van der Waals surface area (Å²) in [6, 6.07) is 5.56. The largest absolute Gasteiger partial charge is 0.494 e. The fourth-order valence-electron chi connectivity index (χ4n) is 3.24. The van der Waals surface area contributed by atoms with Gasteiger partial charge in [-0.05, 0) is 87.6 Å². The summed E-state index contributed by atoms with van der Waals surface area (Å²) in [4.78, 5) is 4.76. The zero-order valence-electron chi connectivity index (χ0n) is 16.4. The highest BCUT2D eigenvalue weighted by Crippen LogP contribution is 2.33. The lowest BCUT2D eigenvalue weighted by atomic mass is 9.95. The van der Waals surface area contributed by atoms with Gasteiger partial charge in [-0.1, -0.05) is 11.3 Å². The SMILES string of the molecule is CCOc1ccc2nc(NS(=O)(=O)c3c(C)c(C)c(C)c(C)c3C)sc2c1. The number of thiazole rings is 1. The Morgan fingerprint density at radius 3 is 2.19 bits per heavy atom. The van der Waals surface area contributed by atoms with Gasteiger partial charge in [0.1, 0.15) is 5.75 Å². The third-order valence-corrected chi connectivity index (χ3v) is 7.77. The van der Waals surface area contributed by atoms with Crippen LogP contribution in [0.3, 0.4) is 0 Å². The molecule has 0 aliphatic heterocycles. The first-order valence-electron chi connectivity index (χ1n) is 8.78. The van der Waals surface area contributed by atoms with Crippen LogP contribution < -0.4 is 9.46 Å². The van der Waals surface area contributed by atoms with E-state index in [9.17, 15) is 8.42 Å². The van der Waals surface area contributed by atoms with Crippen molar-refractivity contribution in [2.24, 2.45) is 0 Å². The van der Waals surface area contributed by atoms with Crippen LogP contribution in [0.15, 0.2) is 23.1 Å². The molecule has 5 nitrogen and oxygen atoms in total. The molecule has 27 heavy (non-hydrogen) atoms. The minimum atomic E-state index is -3.74. The Kier molecular flexibility index (Phi) is 5.18. The highest BCUT2D eigenvalue weighted by molar-refractivity contribution is 7.93. The van der Waals surface area contributed by atoms with Crippen molar-refractivity contribution in [3.05, 3.63) is 46.0 Å². The molecule has 0 atom stereocenters. The summed E-state index contributed by atoms with van der Waals surface area (Å²) in [5, 5.41) is 0.355. The molecule has 2 aromatic carbocycles. The minimum absolute atomic E-state index is 0.345. The summed E-state index contributed by atoms with van der Waals surface area (Å²) < 4.78 is 35.3. The number of anilines is 1. The minimum Gasteiger partial charge on any atom is -0.494 e. The Balaban J connectivity index is 2.04. The molecular formula is C20H24N2O3S2. The van der Waals surface area contributed by atoms with Gasteiger partial charge in [-0.15, -0.1) is 0 Å². The third-order valence-electron chi connectivity index (χ3n) is 5.09. The van der Waals surface area contributed by atoms with E-state index in [-0.39, 0.29) is 0 Å². The fourth-order valence-corrected chi connectivity index (χ4v) is 5.97. The van der Waals surface area contributed by atoms with Gasteiger partial charge in [0.05, 0.1) is 21.7 Å². The summed E-state index contributed by atoms with van der Waals surface area (Å²) in [5.41, 5.74) is 5.44. The van der Waals surface area contributed by atoms with E-state index in [0.29, 0.717) is 16.6 Å². The number of ether oxygens (including phenoxy) is 1. The van der Waals surface area contributed by atoms with Crippen molar-refractivity contribution >= 4 is 36.7 Å². The number of aromatic nitrogens is 1. The van der Waals surface area contributed by atoms with Crippen molar-refractivity contribution in [1.82, 2.24) is 4.98 Å². The van der Waals surface area contributed by atoms with E-state index in [1.54, 1.807) is 0 Å². The predicted molar refractivity (Wildman–Crippen MR) is 112 cm³/mol. The van der Waals surface area contributed by atoms with Crippen LogP contribution in [0.1, 0.15) is 34.7 Å². The maximum absolute atomic E-state index is 13.1. The number of hydrogen-bond donors (Lipinski definition) is 1. The number of rotatable bonds is 5. The molecule has 1 N–H and O–H groups in total. The Bertz CT molecular complexity index is 1100. The number of benzene rings is 2. The second kappa shape index (κ2) is 7.13. The molecule has 1 aromatic heterocycles. The van der Waals surface area contributed by atoms with Gasteiger partial charge in [-0.25, -0.2) is 13.4 Å². The van der Waals surface area contributed by atoms with Gasteiger partial charge in [0, 0.05) is 0 Å². The molecule has 0 amide bonds. The Morgan fingerprint density at radius 2 is 1.59 bits per heavy atom. The molecule has 3 rings (SSSR count). The van der Waals surface area contributed by atoms with Gasteiger partial charge in [0.25, 0.3) is 10.0 Å². The van der Waals surface area contributed by atoms with Crippen molar-refractivity contribution in [2.75, 3.05) is 11.3 Å². The van der Waals surface area contributed by atoms with Crippen LogP contribution in [-0.2, 0) is 10.0 Å². The van der Waals surface area contributed by atoms with Crippen LogP contribution >= 0.6 is 11.3 Å². The van der Waals surface area contributed by atoms with Gasteiger partial charge in [-0.3, -0.25) is 4.72 Å². The van der Waals surface area contributed by atoms with E-state index in [4.69, 9.17) is 4.74 Å². The highest BCUT2D eigenvalue weighted by Gasteiger charge is 2.24. The maximum atomic E-state index is 13.1. The normalized spacial score (nSPS) is 11.8. The molecule has 0 spiro atoms. The standard InChI is InChI=1S/C20H24N2O3S2/c1-7-25-16-8-9-17-18(10-16)26-20(21-17)22-27(23,24)19-14(5)12(3)11(2)13(4)15(19)6/h8-10H,7H2,1-6H3,(H,21,22). The topological polar surface area (TPSA) is 68.3 Å². The average Bonchev–Trinajstić information content (AvgIpc) is 2.99. The van der Waals surface area contributed by atoms with E-state index < -0.39 is 10.0 Å². The summed E-state index contributed by atoms with van der Waals surface area (Å²) in [7, 11) is -3.74. The molecule has 0 aliphatic rings. The Morgan fingerprint density at radius 1 is 1.00 bits per heavy atom. The number of nitrogens with one attached hydrogen (secondary N) is 1. The van der Waals surface area contributed by atoms with Crippen LogP contribution in [0, 0.1) is 34.6 Å². The molecule has 7 heteroatoms. The summed E-state index contributed by atoms with van der Waals surface area (Å²) in [5.74, 6) is 0.750. The summed E-state index contributed by atoms with van der Waals surface area (Å²) in [6.45, 7) is 12.2. The zero-order valence-corrected chi connectivity index (χ0v) is 18.1. The molecule has 0 unspecified atom stereocenters. The van der Waals surface area contributed by atoms with Crippen LogP contribution in [0.4, 0.5) is 5.13 Å². The van der Waals surface area contributed by atoms with E-state index in [1.807, 2.05) is 59.7 Å². The quantitative estimate of drug-likeness (QED) is 0.647. The van der Waals surface area contributed by atoms with E-state index >= 15 is 0 Å². The van der Waals surface area contributed by atoms with Crippen molar-refractivity contribution in [3.63, 3.8) is 0 Å². The van der Waals surface area contributed by atoms with Gasteiger partial charge in [0.2, 0.25) is 0 Å². The van der Waals surface area contributed by atoms with Crippen molar-refractivity contribution in [2.45, 2.75) is 46.4 Å². The van der Waals surface area contributed by atoms with E-state index in [1.165, 1.54) is 11.3 Å². The fraction of sp³-hybridized carbons (Fsp3) is 0.350. The average molecular weight is 405 g/mol. The lowest BCUT2D eigenvalue weighted by Crippen LogP contribution is -2.17. The third kappa shape index (κ3) is 3.53. The second-order valence-corrected chi connectivity index (χ2v) is 9.29. The molecular weight excluding hydrogens is 380 g/mol. The van der Waals surface area contributed by atoms with Crippen molar-refractivity contribution < 1.29 is 13.2 Å². The molecule has 0 radical (unpaired) electrons. The number of hydrogen-bond acceptors (Lipinski definition) is 5. The molecule has 0 bridgehead atoms. The molecule has 3 aromatic rings. The summed E-state index contributed by atoms with van der Waals surface area (Å²) >= 11 is 1.30. The van der Waals surface area contributed by atoms with Gasteiger partial charge in [0.15, 0.2) is 5.13 Å². The Hall–Kier alpha value is -2.12. The molecule has 0 aliphatic carbocycles. The molecule has 0 saturated carbocycles. The van der Waals surface area contributed by atoms with Crippen molar-refractivity contribution in [3.8, 4) is 5.75 Å². The smallest absolute Gasteiger partial charge is 0.264 e. The number of fused-ring (bicyclic) bond motifs is 1. The maximum Gasteiger partial charge on any atom is 0.264 e. The monoisotopic (exact) mass is 404 g/mol. The number of sulfonamides is 1. The highest BCUT2D eigenvalue weighted by atomic mass is 32.2. The van der Waals surface area contributed by atoms with E-state index in [2.05, 4.69) is 9.71 Å². The van der Waals surface area contributed by atoms with Crippen LogP contribution in [0.25, 0.3) is 10.2 Å². The van der Waals surface area contributed by atoms with Gasteiger partial charge < -0.3 is 4.74 Å². The predicted octanol–water partition coefficient (Wildman–Crippen LogP) is 5.04. The number of nitrogens with zero attached hydrogens (tertiary/aromatic N) is 1. The lowest BCUT2D eigenvalue weighted by molar-refractivity contribution is 0.341. The first-order chi connectivity index (χ1) is 12.7. The van der Waals surface area contributed by atoms with Crippen LogP contribution in [-0.4, -0.2) is 20.0 Å². The zero-order chi connectivity index (χ0) is 19.9. The first kappa shape index (κ1) is 19.6. The second-order valence-electron chi connectivity index (χ2n) is 6.64. The first-order valence-corrected chi connectivity index (χ1v) is 11.1.